The fourth-order valence-electron chi connectivity index (χ4n) is 2.75. The molecule has 142 valence electrons. The van der Waals surface area contributed by atoms with Crippen molar-refractivity contribution in [3.63, 3.8) is 0 Å². The Morgan fingerprint density at radius 2 is 1.74 bits per heavy atom. The summed E-state index contributed by atoms with van der Waals surface area (Å²) in [6, 6.07) is 14.7. The van der Waals surface area contributed by atoms with Crippen LogP contribution < -0.4 is 5.32 Å². The summed E-state index contributed by atoms with van der Waals surface area (Å²) in [5.41, 5.74) is 3.43. The molecule has 0 fully saturated rings. The number of fused-ring (bicyclic) bond motifs is 1. The third-order valence-corrected chi connectivity index (χ3v) is 4.07. The summed E-state index contributed by atoms with van der Waals surface area (Å²) in [4.78, 5) is 15.3. The van der Waals surface area contributed by atoms with Gasteiger partial charge in [-0.15, -0.1) is 0 Å². The first-order chi connectivity index (χ1) is 12.9. The molecule has 1 heterocycles. The lowest BCUT2D eigenvalue weighted by atomic mass is 10.1. The van der Waals surface area contributed by atoms with Crippen LogP contribution in [0.4, 0.5) is 13.2 Å². The number of nitrogens with one attached hydrogen (secondary N) is 2. The Morgan fingerprint density at radius 3 is 2.48 bits per heavy atom. The number of H-pyrrole nitrogens is 1. The van der Waals surface area contributed by atoms with Crippen LogP contribution in [0, 0.1) is 0 Å². The Kier molecular flexibility index (Phi) is 5.81. The van der Waals surface area contributed by atoms with Crippen molar-refractivity contribution in [1.29, 1.82) is 0 Å². The molecule has 1 amide bonds. The predicted molar refractivity (Wildman–Crippen MR) is 96.0 cm³/mol. The zero-order chi connectivity index (χ0) is 19.3. The van der Waals surface area contributed by atoms with Crippen molar-refractivity contribution in [3.8, 4) is 0 Å². The zero-order valence-corrected chi connectivity index (χ0v) is 14.5. The van der Waals surface area contributed by atoms with Crippen molar-refractivity contribution in [2.45, 2.75) is 25.7 Å². The van der Waals surface area contributed by atoms with Gasteiger partial charge in [-0.05, 0) is 22.8 Å². The smallest absolute Gasteiger partial charge is 0.367 e. The molecule has 7 heteroatoms. The number of carbonyl (C=O) groups excluding carboxylic acids is 1. The molecular weight excluding hydrogens is 357 g/mol. The van der Waals surface area contributed by atoms with Gasteiger partial charge in [-0.3, -0.25) is 4.79 Å². The highest BCUT2D eigenvalue weighted by Gasteiger charge is 2.27. The molecule has 0 aliphatic heterocycles. The lowest BCUT2D eigenvalue weighted by Gasteiger charge is -2.09. The lowest BCUT2D eigenvalue weighted by molar-refractivity contribution is -0.176. The van der Waals surface area contributed by atoms with Gasteiger partial charge in [0.1, 0.15) is 6.61 Å². The third-order valence-electron chi connectivity index (χ3n) is 4.07. The number of para-hydroxylation sites is 1. The van der Waals surface area contributed by atoms with Crippen molar-refractivity contribution in [2.24, 2.45) is 0 Å². The Morgan fingerprint density at radius 1 is 1.04 bits per heavy atom. The van der Waals surface area contributed by atoms with Crippen molar-refractivity contribution in [1.82, 2.24) is 10.3 Å². The number of hydrogen-bond acceptors (Lipinski definition) is 2. The molecule has 0 aliphatic carbocycles. The molecule has 0 saturated heterocycles. The number of alkyl halides is 3. The maximum Gasteiger partial charge on any atom is 0.411 e. The maximum atomic E-state index is 12.2. The topological polar surface area (TPSA) is 54.1 Å². The van der Waals surface area contributed by atoms with Crippen LogP contribution in [0.15, 0.2) is 54.7 Å². The average Bonchev–Trinajstić information content (AvgIpc) is 3.03. The molecule has 0 aliphatic rings. The molecule has 0 saturated carbocycles. The van der Waals surface area contributed by atoms with Crippen molar-refractivity contribution in [2.75, 3.05) is 6.61 Å². The van der Waals surface area contributed by atoms with Gasteiger partial charge in [-0.2, -0.15) is 13.2 Å². The second-order valence-electron chi connectivity index (χ2n) is 6.24. The van der Waals surface area contributed by atoms with E-state index in [1.54, 1.807) is 24.3 Å². The first-order valence-electron chi connectivity index (χ1n) is 8.45. The van der Waals surface area contributed by atoms with Gasteiger partial charge in [0.15, 0.2) is 0 Å². The minimum Gasteiger partial charge on any atom is -0.367 e. The number of ether oxygens (including phenoxy) is 1. The molecule has 0 radical (unpaired) electrons. The molecule has 3 rings (SSSR count). The van der Waals surface area contributed by atoms with Crippen LogP contribution in [-0.2, 0) is 29.1 Å². The van der Waals surface area contributed by atoms with E-state index in [1.807, 2.05) is 30.5 Å². The molecule has 0 bridgehead atoms. The molecule has 4 nitrogen and oxygen atoms in total. The molecule has 3 aromatic rings. The highest BCUT2D eigenvalue weighted by atomic mass is 19.4. The summed E-state index contributed by atoms with van der Waals surface area (Å²) in [5, 5.41) is 3.88. The van der Waals surface area contributed by atoms with E-state index in [1.165, 1.54) is 0 Å². The number of amides is 1. The van der Waals surface area contributed by atoms with Gasteiger partial charge in [0.25, 0.3) is 0 Å². The zero-order valence-electron chi connectivity index (χ0n) is 14.5. The first kappa shape index (κ1) is 19.0. The quantitative estimate of drug-likeness (QED) is 0.652. The Hall–Kier alpha value is -2.80. The van der Waals surface area contributed by atoms with Crippen LogP contribution in [0.5, 0.6) is 0 Å². The molecule has 0 spiro atoms. The molecule has 1 aromatic heterocycles. The predicted octanol–water partition coefficient (Wildman–Crippen LogP) is 4.11. The monoisotopic (exact) mass is 376 g/mol. The number of benzene rings is 2. The van der Waals surface area contributed by atoms with Crippen LogP contribution in [0.3, 0.4) is 0 Å². The summed E-state index contributed by atoms with van der Waals surface area (Å²) in [6.45, 7) is -1.02. The van der Waals surface area contributed by atoms with Crippen molar-refractivity contribution in [3.05, 3.63) is 71.4 Å². The summed E-state index contributed by atoms with van der Waals surface area (Å²) < 4.78 is 40.8. The minimum absolute atomic E-state index is 0.0997. The number of carbonyl (C=O) groups is 1. The highest BCUT2D eigenvalue weighted by Crippen LogP contribution is 2.18. The van der Waals surface area contributed by atoms with E-state index >= 15 is 0 Å². The molecule has 27 heavy (non-hydrogen) atoms. The van der Waals surface area contributed by atoms with E-state index < -0.39 is 12.8 Å². The van der Waals surface area contributed by atoms with Gasteiger partial charge in [0.2, 0.25) is 5.91 Å². The van der Waals surface area contributed by atoms with Crippen LogP contribution in [0.1, 0.15) is 16.7 Å². The second-order valence-corrected chi connectivity index (χ2v) is 6.24. The van der Waals surface area contributed by atoms with Gasteiger partial charge < -0.3 is 15.0 Å². The van der Waals surface area contributed by atoms with Crippen LogP contribution in [-0.4, -0.2) is 23.7 Å². The SMILES string of the molecule is O=C(Cc1c[nH]c2ccccc12)NCc1ccc(COCC(F)(F)F)cc1. The molecular formula is C20H19F3N2O2. The van der Waals surface area contributed by atoms with E-state index in [-0.39, 0.29) is 18.9 Å². The van der Waals surface area contributed by atoms with Crippen molar-refractivity contribution < 1.29 is 22.7 Å². The van der Waals surface area contributed by atoms with Gasteiger partial charge in [0, 0.05) is 23.6 Å². The fourth-order valence-corrected chi connectivity index (χ4v) is 2.75. The Balaban J connectivity index is 1.47. The fraction of sp³-hybridized carbons (Fsp3) is 0.250. The van der Waals surface area contributed by atoms with E-state index in [4.69, 9.17) is 0 Å². The number of aromatic nitrogens is 1. The van der Waals surface area contributed by atoms with Crippen LogP contribution in [0.2, 0.25) is 0 Å². The van der Waals surface area contributed by atoms with E-state index in [2.05, 4.69) is 15.0 Å². The largest absolute Gasteiger partial charge is 0.411 e. The number of hydrogen-bond donors (Lipinski definition) is 2. The van der Waals surface area contributed by atoms with Gasteiger partial charge in [-0.1, -0.05) is 42.5 Å². The molecule has 2 aromatic carbocycles. The summed E-state index contributed by atoms with van der Waals surface area (Å²) in [6.07, 6.45) is -2.22. The van der Waals surface area contributed by atoms with E-state index in [9.17, 15) is 18.0 Å². The van der Waals surface area contributed by atoms with Crippen molar-refractivity contribution >= 4 is 16.8 Å². The number of halogens is 3. The second kappa shape index (κ2) is 8.26. The first-order valence-corrected chi connectivity index (χ1v) is 8.45. The Bertz CT molecular complexity index is 901. The molecule has 2 N–H and O–H groups in total. The Labute approximate surface area is 154 Å². The van der Waals surface area contributed by atoms with E-state index in [0.717, 1.165) is 22.0 Å². The minimum atomic E-state index is -4.32. The van der Waals surface area contributed by atoms with Crippen LogP contribution in [0.25, 0.3) is 10.9 Å². The number of aromatic amines is 1. The number of rotatable bonds is 7. The van der Waals surface area contributed by atoms with Crippen LogP contribution >= 0.6 is 0 Å². The molecule has 0 atom stereocenters. The normalized spacial score (nSPS) is 11.7. The third kappa shape index (κ3) is 5.59. The summed E-state index contributed by atoms with van der Waals surface area (Å²) in [5.74, 6) is -0.0997. The average molecular weight is 376 g/mol. The van der Waals surface area contributed by atoms with Gasteiger partial charge in [0.05, 0.1) is 13.0 Å². The highest BCUT2D eigenvalue weighted by molar-refractivity contribution is 5.88. The van der Waals surface area contributed by atoms with E-state index in [0.29, 0.717) is 12.1 Å². The lowest BCUT2D eigenvalue weighted by Crippen LogP contribution is -2.24. The molecule has 0 unspecified atom stereocenters. The summed E-state index contributed by atoms with van der Waals surface area (Å²) in [7, 11) is 0. The standard InChI is InChI=1S/C20H19F3N2O2/c21-20(22,23)13-27-12-15-7-5-14(6-8-15)10-25-19(26)9-16-11-24-18-4-2-1-3-17(16)18/h1-8,11,24H,9-10,12-13H2,(H,25,26). The van der Waals surface area contributed by atoms with Gasteiger partial charge in [-0.25, -0.2) is 0 Å². The maximum absolute atomic E-state index is 12.2. The summed E-state index contributed by atoms with van der Waals surface area (Å²) >= 11 is 0. The van der Waals surface area contributed by atoms with Gasteiger partial charge >= 0.3 is 6.18 Å².